The van der Waals surface area contributed by atoms with E-state index in [1.807, 2.05) is 7.05 Å². The summed E-state index contributed by atoms with van der Waals surface area (Å²) in [5.74, 6) is 0.283. The fraction of sp³-hybridized carbons (Fsp3) is 0.538. The van der Waals surface area contributed by atoms with E-state index in [1.54, 1.807) is 6.07 Å². The van der Waals surface area contributed by atoms with E-state index in [4.69, 9.17) is 4.74 Å². The van der Waals surface area contributed by atoms with Crippen molar-refractivity contribution in [2.75, 3.05) is 20.2 Å². The van der Waals surface area contributed by atoms with Gasteiger partial charge in [0.05, 0.1) is 5.56 Å². The SMILES string of the molecule is CN1CCC[C@H]1COc1cccc(C(F)(F)F)c1. The molecule has 0 N–H and O–H groups in total. The van der Waals surface area contributed by atoms with Gasteiger partial charge in [-0.05, 0) is 44.6 Å². The molecule has 0 spiro atoms. The molecule has 0 aliphatic carbocycles. The smallest absolute Gasteiger partial charge is 0.416 e. The van der Waals surface area contributed by atoms with Crippen molar-refractivity contribution in [1.29, 1.82) is 0 Å². The third-order valence-corrected chi connectivity index (χ3v) is 3.28. The molecule has 1 aliphatic heterocycles. The van der Waals surface area contributed by atoms with Crippen LogP contribution in [0.2, 0.25) is 0 Å². The zero-order chi connectivity index (χ0) is 13.2. The van der Waals surface area contributed by atoms with E-state index in [-0.39, 0.29) is 5.75 Å². The predicted molar refractivity (Wildman–Crippen MR) is 62.6 cm³/mol. The Hall–Kier alpha value is -1.23. The lowest BCUT2D eigenvalue weighted by Crippen LogP contribution is -2.30. The van der Waals surface area contributed by atoms with E-state index < -0.39 is 11.7 Å². The molecule has 18 heavy (non-hydrogen) atoms. The van der Waals surface area contributed by atoms with Gasteiger partial charge in [-0.25, -0.2) is 0 Å². The summed E-state index contributed by atoms with van der Waals surface area (Å²) in [5, 5.41) is 0. The first-order valence-electron chi connectivity index (χ1n) is 5.97. The zero-order valence-corrected chi connectivity index (χ0v) is 10.2. The first-order chi connectivity index (χ1) is 8.47. The summed E-state index contributed by atoms with van der Waals surface area (Å²) in [5.41, 5.74) is -0.667. The Morgan fingerprint density at radius 2 is 2.17 bits per heavy atom. The van der Waals surface area contributed by atoms with Crippen molar-refractivity contribution in [3.63, 3.8) is 0 Å². The minimum absolute atomic E-state index is 0.283. The lowest BCUT2D eigenvalue weighted by atomic mass is 10.2. The monoisotopic (exact) mass is 259 g/mol. The molecule has 5 heteroatoms. The van der Waals surface area contributed by atoms with Gasteiger partial charge in [-0.15, -0.1) is 0 Å². The fourth-order valence-electron chi connectivity index (χ4n) is 2.14. The number of hydrogen-bond donors (Lipinski definition) is 0. The van der Waals surface area contributed by atoms with Crippen molar-refractivity contribution in [3.05, 3.63) is 29.8 Å². The van der Waals surface area contributed by atoms with Crippen LogP contribution in [0, 0.1) is 0 Å². The quantitative estimate of drug-likeness (QED) is 0.826. The summed E-state index contributed by atoms with van der Waals surface area (Å²) in [6, 6.07) is 5.34. The van der Waals surface area contributed by atoms with Gasteiger partial charge in [-0.1, -0.05) is 6.07 Å². The molecular formula is C13H16F3NO. The molecule has 1 aliphatic rings. The summed E-state index contributed by atoms with van der Waals surface area (Å²) in [6.45, 7) is 1.47. The Labute approximate surface area is 104 Å². The molecule has 0 amide bonds. The van der Waals surface area contributed by atoms with Crippen LogP contribution in [0.15, 0.2) is 24.3 Å². The summed E-state index contributed by atoms with van der Waals surface area (Å²) in [4.78, 5) is 2.17. The molecule has 1 atom stereocenters. The van der Waals surface area contributed by atoms with E-state index in [1.165, 1.54) is 6.07 Å². The molecular weight excluding hydrogens is 243 g/mol. The van der Waals surface area contributed by atoms with Gasteiger partial charge in [0, 0.05) is 6.04 Å². The van der Waals surface area contributed by atoms with Crippen molar-refractivity contribution in [2.24, 2.45) is 0 Å². The van der Waals surface area contributed by atoms with Crippen molar-refractivity contribution in [2.45, 2.75) is 25.1 Å². The predicted octanol–water partition coefficient (Wildman–Crippen LogP) is 3.18. The Morgan fingerprint density at radius 3 is 2.78 bits per heavy atom. The lowest BCUT2D eigenvalue weighted by molar-refractivity contribution is -0.137. The molecule has 1 aromatic carbocycles. The second kappa shape index (κ2) is 5.18. The van der Waals surface area contributed by atoms with Crippen LogP contribution in [0.25, 0.3) is 0 Å². The highest BCUT2D eigenvalue weighted by molar-refractivity contribution is 5.30. The first kappa shape index (κ1) is 13.2. The maximum Gasteiger partial charge on any atom is 0.416 e. The summed E-state index contributed by atoms with van der Waals surface area (Å²) >= 11 is 0. The van der Waals surface area contributed by atoms with Gasteiger partial charge in [0.2, 0.25) is 0 Å². The number of nitrogens with zero attached hydrogens (tertiary/aromatic N) is 1. The van der Waals surface area contributed by atoms with Crippen LogP contribution < -0.4 is 4.74 Å². The second-order valence-electron chi connectivity index (χ2n) is 4.61. The lowest BCUT2D eigenvalue weighted by Gasteiger charge is -2.20. The third kappa shape index (κ3) is 3.16. The van der Waals surface area contributed by atoms with Crippen molar-refractivity contribution < 1.29 is 17.9 Å². The number of ether oxygens (including phenoxy) is 1. The van der Waals surface area contributed by atoms with Crippen molar-refractivity contribution >= 4 is 0 Å². The van der Waals surface area contributed by atoms with Crippen LogP contribution in [0.4, 0.5) is 13.2 Å². The normalized spacial score (nSPS) is 21.2. The van der Waals surface area contributed by atoms with Crippen LogP contribution in [0.3, 0.4) is 0 Å². The van der Waals surface area contributed by atoms with Crippen molar-refractivity contribution in [3.8, 4) is 5.75 Å². The molecule has 1 heterocycles. The van der Waals surface area contributed by atoms with E-state index in [0.29, 0.717) is 12.6 Å². The van der Waals surface area contributed by atoms with Crippen LogP contribution in [-0.2, 0) is 6.18 Å². The summed E-state index contributed by atoms with van der Waals surface area (Å²) in [7, 11) is 2.01. The minimum atomic E-state index is -4.32. The molecule has 2 rings (SSSR count). The molecule has 0 aromatic heterocycles. The molecule has 2 nitrogen and oxygen atoms in total. The van der Waals surface area contributed by atoms with E-state index >= 15 is 0 Å². The topological polar surface area (TPSA) is 12.5 Å². The number of likely N-dealkylation sites (tertiary alicyclic amines) is 1. The van der Waals surface area contributed by atoms with E-state index in [9.17, 15) is 13.2 Å². The number of likely N-dealkylation sites (N-methyl/N-ethyl adjacent to an activating group) is 1. The second-order valence-corrected chi connectivity index (χ2v) is 4.61. The minimum Gasteiger partial charge on any atom is -0.492 e. The highest BCUT2D eigenvalue weighted by Crippen LogP contribution is 2.31. The van der Waals surface area contributed by atoms with Gasteiger partial charge < -0.3 is 9.64 Å². The van der Waals surface area contributed by atoms with E-state index in [2.05, 4.69) is 4.90 Å². The van der Waals surface area contributed by atoms with Crippen LogP contribution in [0.5, 0.6) is 5.75 Å². The van der Waals surface area contributed by atoms with Crippen LogP contribution in [0.1, 0.15) is 18.4 Å². The highest BCUT2D eigenvalue weighted by atomic mass is 19.4. The van der Waals surface area contributed by atoms with Crippen LogP contribution >= 0.6 is 0 Å². The number of rotatable bonds is 3. The standard InChI is InChI=1S/C13H16F3NO/c1-17-7-3-5-11(17)9-18-12-6-2-4-10(8-12)13(14,15)16/h2,4,6,8,11H,3,5,7,9H2,1H3/t11-/m0/s1. The Bertz CT molecular complexity index is 405. The third-order valence-electron chi connectivity index (χ3n) is 3.28. The molecule has 1 aromatic rings. The molecule has 0 saturated carbocycles. The molecule has 1 fully saturated rings. The van der Waals surface area contributed by atoms with Gasteiger partial charge >= 0.3 is 6.18 Å². The maximum atomic E-state index is 12.5. The van der Waals surface area contributed by atoms with Gasteiger partial charge in [-0.3, -0.25) is 0 Å². The first-order valence-corrected chi connectivity index (χ1v) is 5.97. The summed E-state index contributed by atoms with van der Waals surface area (Å²) in [6.07, 6.45) is -2.16. The van der Waals surface area contributed by atoms with Gasteiger partial charge in [0.15, 0.2) is 0 Å². The Balaban J connectivity index is 1.97. The average molecular weight is 259 g/mol. The Kier molecular flexibility index (Phi) is 3.80. The van der Waals surface area contributed by atoms with Gasteiger partial charge in [0.1, 0.15) is 12.4 Å². The van der Waals surface area contributed by atoms with Gasteiger partial charge in [0.25, 0.3) is 0 Å². The van der Waals surface area contributed by atoms with Crippen LogP contribution in [-0.4, -0.2) is 31.1 Å². The number of halogens is 3. The molecule has 100 valence electrons. The maximum absolute atomic E-state index is 12.5. The number of benzene rings is 1. The molecule has 0 unspecified atom stereocenters. The largest absolute Gasteiger partial charge is 0.492 e. The van der Waals surface area contributed by atoms with Crippen molar-refractivity contribution in [1.82, 2.24) is 4.90 Å². The zero-order valence-electron chi connectivity index (χ0n) is 10.2. The number of alkyl halides is 3. The molecule has 0 bridgehead atoms. The van der Waals surface area contributed by atoms with Gasteiger partial charge in [-0.2, -0.15) is 13.2 Å². The van der Waals surface area contributed by atoms with E-state index in [0.717, 1.165) is 31.5 Å². The molecule has 0 radical (unpaired) electrons. The molecule has 1 saturated heterocycles. The summed E-state index contributed by atoms with van der Waals surface area (Å²) < 4.78 is 43.0. The number of hydrogen-bond acceptors (Lipinski definition) is 2. The Morgan fingerprint density at radius 1 is 1.39 bits per heavy atom. The highest BCUT2D eigenvalue weighted by Gasteiger charge is 2.30. The average Bonchev–Trinajstić information content (AvgIpc) is 2.72. The fourth-order valence-corrected chi connectivity index (χ4v) is 2.14.